The summed E-state index contributed by atoms with van der Waals surface area (Å²) in [7, 11) is -2.58. The number of thioether (sulfide) groups is 1. The van der Waals surface area contributed by atoms with Gasteiger partial charge in [-0.2, -0.15) is 0 Å². The minimum atomic E-state index is -4.08. The molecule has 37 heavy (non-hydrogen) atoms. The van der Waals surface area contributed by atoms with Crippen LogP contribution >= 0.6 is 27.7 Å². The molecule has 7 nitrogen and oxygen atoms in total. The van der Waals surface area contributed by atoms with Gasteiger partial charge in [0.2, 0.25) is 11.8 Å². The largest absolute Gasteiger partial charge is 0.357 e. The Morgan fingerprint density at radius 1 is 1.03 bits per heavy atom. The van der Waals surface area contributed by atoms with E-state index in [9.17, 15) is 18.0 Å². The van der Waals surface area contributed by atoms with E-state index in [0.717, 1.165) is 24.8 Å². The number of likely N-dealkylation sites (N-methyl/N-ethyl adjacent to an activating group) is 1. The van der Waals surface area contributed by atoms with E-state index in [2.05, 4.69) is 21.2 Å². The van der Waals surface area contributed by atoms with E-state index >= 15 is 0 Å². The van der Waals surface area contributed by atoms with Crippen LogP contribution in [0.3, 0.4) is 0 Å². The summed E-state index contributed by atoms with van der Waals surface area (Å²) in [5, 5.41) is 2.58. The molecule has 0 saturated carbocycles. The van der Waals surface area contributed by atoms with Gasteiger partial charge in [-0.05, 0) is 74.2 Å². The predicted octanol–water partition coefficient (Wildman–Crippen LogP) is 4.84. The van der Waals surface area contributed by atoms with Crippen LogP contribution in [0, 0.1) is 6.92 Å². The Balaban J connectivity index is 2.02. The molecule has 10 heteroatoms. The highest BCUT2D eigenvalue weighted by atomic mass is 79.9. The second-order valence-electron chi connectivity index (χ2n) is 8.46. The van der Waals surface area contributed by atoms with Crippen LogP contribution in [-0.2, 0) is 26.2 Å². The first-order valence-corrected chi connectivity index (χ1v) is 15.0. The third-order valence-electron chi connectivity index (χ3n) is 5.90. The Bertz CT molecular complexity index is 1350. The van der Waals surface area contributed by atoms with Crippen LogP contribution in [-0.4, -0.2) is 51.0 Å². The normalized spacial score (nSPS) is 12.0. The van der Waals surface area contributed by atoms with Gasteiger partial charge in [0.1, 0.15) is 12.6 Å². The molecule has 0 aliphatic carbocycles. The lowest BCUT2D eigenvalue weighted by Gasteiger charge is -2.31. The molecule has 3 aromatic rings. The van der Waals surface area contributed by atoms with Crippen molar-refractivity contribution < 1.29 is 18.0 Å². The fourth-order valence-electron chi connectivity index (χ4n) is 3.74. The van der Waals surface area contributed by atoms with Gasteiger partial charge >= 0.3 is 0 Å². The molecular weight excluding hydrogens is 574 g/mol. The lowest BCUT2D eigenvalue weighted by molar-refractivity contribution is -0.139. The Labute approximate surface area is 231 Å². The van der Waals surface area contributed by atoms with E-state index in [1.807, 2.05) is 37.4 Å². The summed E-state index contributed by atoms with van der Waals surface area (Å²) in [4.78, 5) is 28.7. The van der Waals surface area contributed by atoms with Gasteiger partial charge in [-0.1, -0.05) is 45.8 Å². The van der Waals surface area contributed by atoms with E-state index in [4.69, 9.17) is 0 Å². The molecule has 0 saturated heterocycles. The van der Waals surface area contributed by atoms with Crippen LogP contribution in [0.5, 0.6) is 0 Å². The quantitative estimate of drug-likeness (QED) is 0.335. The Morgan fingerprint density at radius 3 is 2.24 bits per heavy atom. The lowest BCUT2D eigenvalue weighted by atomic mass is 10.1. The number of anilines is 1. The molecule has 0 fully saturated rings. The van der Waals surface area contributed by atoms with E-state index in [1.54, 1.807) is 55.5 Å². The summed E-state index contributed by atoms with van der Waals surface area (Å²) in [6, 6.07) is 20.1. The SMILES string of the molecule is CNC(=O)[C@@H](C)N(Cc1cccc(Br)c1)C(=O)CN(c1ccc(C)cc1)S(=O)(=O)c1ccc(SC)cc1. The summed E-state index contributed by atoms with van der Waals surface area (Å²) in [5.74, 6) is -0.846. The molecule has 0 heterocycles. The third kappa shape index (κ3) is 7.15. The van der Waals surface area contributed by atoms with Gasteiger partial charge < -0.3 is 10.2 Å². The van der Waals surface area contributed by atoms with Crippen LogP contribution in [0.25, 0.3) is 0 Å². The molecule has 3 aromatic carbocycles. The van der Waals surface area contributed by atoms with Gasteiger partial charge in [-0.15, -0.1) is 11.8 Å². The summed E-state index contributed by atoms with van der Waals surface area (Å²) < 4.78 is 29.5. The summed E-state index contributed by atoms with van der Waals surface area (Å²) in [5.41, 5.74) is 2.13. The van der Waals surface area contributed by atoms with Crippen molar-refractivity contribution >= 4 is 55.2 Å². The first kappa shape index (κ1) is 28.7. The highest BCUT2D eigenvalue weighted by Gasteiger charge is 2.32. The summed E-state index contributed by atoms with van der Waals surface area (Å²) >= 11 is 4.94. The maximum atomic E-state index is 13.8. The van der Waals surface area contributed by atoms with Crippen molar-refractivity contribution in [2.24, 2.45) is 0 Å². The van der Waals surface area contributed by atoms with Crippen LogP contribution in [0.1, 0.15) is 18.1 Å². The van der Waals surface area contributed by atoms with Gasteiger partial charge in [-0.25, -0.2) is 8.42 Å². The lowest BCUT2D eigenvalue weighted by Crippen LogP contribution is -2.50. The molecule has 1 N–H and O–H groups in total. The highest BCUT2D eigenvalue weighted by Crippen LogP contribution is 2.26. The number of sulfonamides is 1. The number of hydrogen-bond acceptors (Lipinski definition) is 5. The van der Waals surface area contributed by atoms with Crippen molar-refractivity contribution in [3.05, 3.63) is 88.4 Å². The zero-order valence-corrected chi connectivity index (χ0v) is 24.4. The molecular formula is C27H30BrN3O4S2. The second kappa shape index (κ2) is 12.6. The number of nitrogens with zero attached hydrogens (tertiary/aromatic N) is 2. The van der Waals surface area contributed by atoms with Crippen molar-refractivity contribution in [2.75, 3.05) is 24.2 Å². The zero-order valence-electron chi connectivity index (χ0n) is 21.1. The number of nitrogens with one attached hydrogen (secondary N) is 1. The molecule has 0 aliphatic heterocycles. The Hall–Kier alpha value is -2.82. The molecule has 0 unspecified atom stereocenters. The molecule has 0 radical (unpaired) electrons. The van der Waals surface area contributed by atoms with E-state index < -0.39 is 28.5 Å². The monoisotopic (exact) mass is 603 g/mol. The van der Waals surface area contributed by atoms with Gasteiger partial charge in [0.15, 0.2) is 0 Å². The molecule has 0 aliphatic rings. The highest BCUT2D eigenvalue weighted by molar-refractivity contribution is 9.10. The average Bonchev–Trinajstić information content (AvgIpc) is 2.90. The molecule has 1 atom stereocenters. The summed E-state index contributed by atoms with van der Waals surface area (Å²) in [6.45, 7) is 3.20. The van der Waals surface area contributed by atoms with Crippen LogP contribution in [0.2, 0.25) is 0 Å². The molecule has 0 bridgehead atoms. The van der Waals surface area contributed by atoms with Gasteiger partial charge in [-0.3, -0.25) is 13.9 Å². The number of hydrogen-bond donors (Lipinski definition) is 1. The zero-order chi connectivity index (χ0) is 27.2. The van der Waals surface area contributed by atoms with Crippen LogP contribution in [0.4, 0.5) is 5.69 Å². The molecule has 196 valence electrons. The van der Waals surface area contributed by atoms with Crippen molar-refractivity contribution in [1.29, 1.82) is 0 Å². The number of halogens is 1. The van der Waals surface area contributed by atoms with Crippen LogP contribution in [0.15, 0.2) is 87.1 Å². The minimum Gasteiger partial charge on any atom is -0.357 e. The fourth-order valence-corrected chi connectivity index (χ4v) is 6.01. The number of rotatable bonds is 10. The smallest absolute Gasteiger partial charge is 0.264 e. The molecule has 0 spiro atoms. The Kier molecular flexibility index (Phi) is 9.80. The van der Waals surface area contributed by atoms with Crippen LogP contribution < -0.4 is 9.62 Å². The maximum absolute atomic E-state index is 13.8. The molecule has 0 aromatic heterocycles. The second-order valence-corrected chi connectivity index (χ2v) is 12.1. The van der Waals surface area contributed by atoms with Gasteiger partial charge in [0.25, 0.3) is 10.0 Å². The van der Waals surface area contributed by atoms with Gasteiger partial charge in [0.05, 0.1) is 10.6 Å². The Morgan fingerprint density at radius 2 is 1.68 bits per heavy atom. The third-order valence-corrected chi connectivity index (χ3v) is 8.93. The van der Waals surface area contributed by atoms with Gasteiger partial charge in [0, 0.05) is 23.0 Å². The fraction of sp³-hybridized carbons (Fsp3) is 0.259. The number of carbonyl (C=O) groups excluding carboxylic acids is 2. The first-order valence-electron chi connectivity index (χ1n) is 11.6. The van der Waals surface area contributed by atoms with Crippen molar-refractivity contribution in [3.63, 3.8) is 0 Å². The van der Waals surface area contributed by atoms with E-state index in [0.29, 0.717) is 5.69 Å². The number of amides is 2. The minimum absolute atomic E-state index is 0.0802. The topological polar surface area (TPSA) is 86.8 Å². The number of aryl methyl sites for hydroxylation is 1. The van der Waals surface area contributed by atoms with Crippen molar-refractivity contribution in [2.45, 2.75) is 36.2 Å². The average molecular weight is 605 g/mol. The van der Waals surface area contributed by atoms with E-state index in [-0.39, 0.29) is 17.3 Å². The number of benzene rings is 3. The number of carbonyl (C=O) groups is 2. The van der Waals surface area contributed by atoms with Crippen molar-refractivity contribution in [1.82, 2.24) is 10.2 Å². The predicted molar refractivity (Wildman–Crippen MR) is 152 cm³/mol. The first-order chi connectivity index (χ1) is 17.6. The maximum Gasteiger partial charge on any atom is 0.264 e. The van der Waals surface area contributed by atoms with Crippen molar-refractivity contribution in [3.8, 4) is 0 Å². The standard InChI is InChI=1S/C27H30BrN3O4S2/c1-19-8-10-23(11-9-19)31(37(34,35)25-14-12-24(36-4)13-15-25)18-26(32)30(20(2)27(33)29-3)17-21-6-5-7-22(28)16-21/h5-16,20H,17-18H2,1-4H3,(H,29,33)/t20-/m1/s1. The van der Waals surface area contributed by atoms with E-state index in [1.165, 1.54) is 23.7 Å². The molecule has 2 amide bonds. The summed E-state index contributed by atoms with van der Waals surface area (Å²) in [6.07, 6.45) is 1.91. The molecule has 3 rings (SSSR count).